The van der Waals surface area contributed by atoms with Crippen LogP contribution in [-0.2, 0) is 29.2 Å². The summed E-state index contributed by atoms with van der Waals surface area (Å²) in [5.41, 5.74) is 4.97. The van der Waals surface area contributed by atoms with Crippen LogP contribution >= 0.6 is 11.8 Å². The molecule has 4 aromatic rings. The van der Waals surface area contributed by atoms with Gasteiger partial charge in [-0.1, -0.05) is 12.1 Å². The van der Waals surface area contributed by atoms with Crippen molar-refractivity contribution in [3.8, 4) is 11.5 Å². The van der Waals surface area contributed by atoms with Crippen LogP contribution in [0.3, 0.4) is 0 Å². The predicted molar refractivity (Wildman–Crippen MR) is 160 cm³/mol. The van der Waals surface area contributed by atoms with Crippen molar-refractivity contribution in [3.05, 3.63) is 71.0 Å². The zero-order valence-corrected chi connectivity index (χ0v) is 24.6. The van der Waals surface area contributed by atoms with E-state index >= 15 is 0 Å². The van der Waals surface area contributed by atoms with Crippen molar-refractivity contribution < 1.29 is 19.0 Å². The second-order valence-corrected chi connectivity index (χ2v) is 11.3. The van der Waals surface area contributed by atoms with Crippen LogP contribution in [0.4, 0.5) is 5.82 Å². The molecular weight excluding hydrogens is 538 g/mol. The number of amides is 1. The smallest absolute Gasteiger partial charge is 0.231 e. The molecule has 1 saturated heterocycles. The Bertz CT molecular complexity index is 1570. The molecule has 4 heterocycles. The van der Waals surface area contributed by atoms with E-state index in [9.17, 15) is 4.79 Å². The number of benzene rings is 2. The summed E-state index contributed by atoms with van der Waals surface area (Å²) < 4.78 is 18.7. The highest BCUT2D eigenvalue weighted by Gasteiger charge is 2.23. The number of pyridine rings is 1. The Balaban J connectivity index is 1.33. The first-order valence-corrected chi connectivity index (χ1v) is 15.2. The van der Waals surface area contributed by atoms with Crippen molar-refractivity contribution in [1.29, 1.82) is 0 Å². The third kappa shape index (κ3) is 6.13. The number of carbonyl (C=O) groups is 1. The molecule has 0 N–H and O–H groups in total. The molecule has 2 aromatic heterocycles. The molecule has 2 aromatic carbocycles. The maximum Gasteiger partial charge on any atom is 0.231 e. The van der Waals surface area contributed by atoms with Gasteiger partial charge in [-0.2, -0.15) is 5.10 Å². The monoisotopic (exact) mass is 573 g/mol. The number of nitrogens with zero attached hydrogens (tertiary/aromatic N) is 5. The Labute approximate surface area is 244 Å². The molecule has 1 amide bonds. The number of carbonyl (C=O) groups excluding carboxylic acids is 1. The first kappa shape index (κ1) is 27.4. The van der Waals surface area contributed by atoms with Gasteiger partial charge in [0.15, 0.2) is 11.5 Å². The van der Waals surface area contributed by atoms with Crippen LogP contribution in [0.2, 0.25) is 0 Å². The number of fused-ring (bicyclic) bond motifs is 2. The fourth-order valence-corrected chi connectivity index (χ4v) is 5.86. The number of anilines is 1. The average Bonchev–Trinajstić information content (AvgIpc) is 3.59. The number of rotatable bonds is 9. The Morgan fingerprint density at radius 3 is 2.61 bits per heavy atom. The van der Waals surface area contributed by atoms with Crippen LogP contribution < -0.4 is 14.4 Å². The fourth-order valence-electron chi connectivity index (χ4n) is 5.43. The predicted octanol–water partition coefficient (Wildman–Crippen LogP) is 4.95. The van der Waals surface area contributed by atoms with Gasteiger partial charge in [-0.05, 0) is 62.1 Å². The Morgan fingerprint density at radius 2 is 1.83 bits per heavy atom. The van der Waals surface area contributed by atoms with E-state index in [0.717, 1.165) is 58.1 Å². The topological polar surface area (TPSA) is 82.0 Å². The summed E-state index contributed by atoms with van der Waals surface area (Å²) in [5.74, 6) is 2.42. The summed E-state index contributed by atoms with van der Waals surface area (Å²) in [7, 11) is 0. The highest BCUT2D eigenvalue weighted by Crippen LogP contribution is 2.34. The van der Waals surface area contributed by atoms with E-state index in [0.29, 0.717) is 45.0 Å². The minimum Gasteiger partial charge on any atom is -0.454 e. The lowest BCUT2D eigenvalue weighted by atomic mass is 10.1. The SMILES string of the molecule is CSc1ccc2cc(CN(Cc3ccc4c(c3)OCO4)C(=O)CCn3nc(C)cc3C)c(N3CCOCC3)nc2c1. The van der Waals surface area contributed by atoms with Crippen LogP contribution in [0.1, 0.15) is 28.9 Å². The van der Waals surface area contributed by atoms with Crippen molar-refractivity contribution >= 4 is 34.4 Å². The second kappa shape index (κ2) is 12.0. The van der Waals surface area contributed by atoms with Crippen LogP contribution in [0.25, 0.3) is 10.9 Å². The van der Waals surface area contributed by atoms with Crippen molar-refractivity contribution in [2.24, 2.45) is 0 Å². The van der Waals surface area contributed by atoms with Crippen LogP contribution in [-0.4, -0.2) is 64.9 Å². The van der Waals surface area contributed by atoms with Crippen LogP contribution in [0.5, 0.6) is 11.5 Å². The van der Waals surface area contributed by atoms with Gasteiger partial charge < -0.3 is 24.0 Å². The van der Waals surface area contributed by atoms with Crippen molar-refractivity contribution in [3.63, 3.8) is 0 Å². The molecular formula is C31H35N5O4S. The second-order valence-electron chi connectivity index (χ2n) is 10.5. The Morgan fingerprint density at radius 1 is 1.00 bits per heavy atom. The Hall–Kier alpha value is -3.76. The van der Waals surface area contributed by atoms with Crippen molar-refractivity contribution in [1.82, 2.24) is 19.7 Å². The van der Waals surface area contributed by atoms with Crippen LogP contribution in [0.15, 0.2) is 53.4 Å². The van der Waals surface area contributed by atoms with E-state index in [4.69, 9.17) is 19.2 Å². The summed E-state index contributed by atoms with van der Waals surface area (Å²) in [6, 6.07) is 16.5. The molecule has 2 aliphatic heterocycles. The number of hydrogen-bond acceptors (Lipinski definition) is 8. The molecule has 1 fully saturated rings. The zero-order chi connectivity index (χ0) is 28.3. The average molecular weight is 574 g/mol. The molecule has 0 spiro atoms. The molecule has 0 unspecified atom stereocenters. The third-order valence-electron chi connectivity index (χ3n) is 7.56. The molecule has 0 saturated carbocycles. The van der Waals surface area contributed by atoms with Crippen molar-refractivity contribution in [2.45, 2.75) is 44.8 Å². The normalized spacial score (nSPS) is 14.6. The number of ether oxygens (including phenoxy) is 3. The van der Waals surface area contributed by atoms with Gasteiger partial charge in [0.25, 0.3) is 0 Å². The molecule has 41 heavy (non-hydrogen) atoms. The summed E-state index contributed by atoms with van der Waals surface area (Å²) in [6.07, 6.45) is 2.42. The summed E-state index contributed by atoms with van der Waals surface area (Å²) in [5, 5.41) is 5.62. The van der Waals surface area contributed by atoms with E-state index < -0.39 is 0 Å². The van der Waals surface area contributed by atoms with Crippen molar-refractivity contribution in [2.75, 3.05) is 44.3 Å². The standard InChI is InChI=1S/C31H35N5O4S/c1-21-14-22(2)36(33-21)9-8-30(37)35(18-23-4-7-28-29(15-23)40-20-39-28)19-25-16-24-5-6-26(41-3)17-27(24)32-31(25)34-10-12-38-13-11-34/h4-7,14-17H,8-13,18-20H2,1-3H3. The summed E-state index contributed by atoms with van der Waals surface area (Å²) in [4.78, 5) is 24.4. The lowest BCUT2D eigenvalue weighted by Gasteiger charge is -2.31. The van der Waals surface area contributed by atoms with Gasteiger partial charge in [0.2, 0.25) is 12.7 Å². The highest BCUT2D eigenvalue weighted by atomic mass is 32.2. The largest absolute Gasteiger partial charge is 0.454 e. The van der Waals surface area contributed by atoms with E-state index in [-0.39, 0.29) is 12.7 Å². The number of thioether (sulfide) groups is 1. The van der Waals surface area contributed by atoms with Gasteiger partial charge in [0.1, 0.15) is 5.82 Å². The quantitative estimate of drug-likeness (QED) is 0.260. The lowest BCUT2D eigenvalue weighted by Crippen LogP contribution is -2.38. The number of morpholine rings is 1. The van der Waals surface area contributed by atoms with E-state index in [1.807, 2.05) is 47.7 Å². The first-order valence-electron chi connectivity index (χ1n) is 13.9. The van der Waals surface area contributed by atoms with Gasteiger partial charge >= 0.3 is 0 Å². The van der Waals surface area contributed by atoms with Gasteiger partial charge in [-0.25, -0.2) is 4.98 Å². The van der Waals surface area contributed by atoms with Gasteiger partial charge in [0, 0.05) is 60.7 Å². The van der Waals surface area contributed by atoms with E-state index in [1.54, 1.807) is 11.8 Å². The number of aryl methyl sites for hydroxylation is 3. The molecule has 2 aliphatic rings. The molecule has 9 nitrogen and oxygen atoms in total. The Kier molecular flexibility index (Phi) is 8.02. The highest BCUT2D eigenvalue weighted by molar-refractivity contribution is 7.98. The molecule has 6 rings (SSSR count). The van der Waals surface area contributed by atoms with Gasteiger partial charge in [0.05, 0.1) is 24.4 Å². The molecule has 10 heteroatoms. The minimum absolute atomic E-state index is 0.0565. The number of hydrogen-bond donors (Lipinski definition) is 0. The first-order chi connectivity index (χ1) is 20.0. The molecule has 0 bridgehead atoms. The minimum atomic E-state index is 0.0565. The van der Waals surface area contributed by atoms with Crippen LogP contribution in [0, 0.1) is 13.8 Å². The lowest BCUT2D eigenvalue weighted by molar-refractivity contribution is -0.132. The van der Waals surface area contributed by atoms with E-state index in [2.05, 4.69) is 40.5 Å². The van der Waals surface area contributed by atoms with Gasteiger partial charge in [-0.15, -0.1) is 11.8 Å². The summed E-state index contributed by atoms with van der Waals surface area (Å²) in [6.45, 7) is 8.46. The molecule has 0 radical (unpaired) electrons. The molecule has 0 atom stereocenters. The molecule has 0 aliphatic carbocycles. The van der Waals surface area contributed by atoms with Gasteiger partial charge in [-0.3, -0.25) is 9.48 Å². The fraction of sp³-hybridized carbons (Fsp3) is 0.387. The third-order valence-corrected chi connectivity index (χ3v) is 8.28. The van der Waals surface area contributed by atoms with E-state index in [1.165, 1.54) is 4.90 Å². The maximum absolute atomic E-state index is 13.9. The zero-order valence-electron chi connectivity index (χ0n) is 23.8. The summed E-state index contributed by atoms with van der Waals surface area (Å²) >= 11 is 1.71. The molecule has 214 valence electrons. The maximum atomic E-state index is 13.9. The number of aromatic nitrogens is 3.